The normalized spacial score (nSPS) is 16.5. The fraction of sp³-hybridized carbons (Fsp3) is 0.667. The highest BCUT2D eigenvalue weighted by atomic mass is 32.2. The highest BCUT2D eigenvalue weighted by molar-refractivity contribution is 8.00. The van der Waals surface area contributed by atoms with Gasteiger partial charge in [0, 0.05) is 37.8 Å². The molecule has 2 heterocycles. The molecular formula is C18H28N4O3S. The highest BCUT2D eigenvalue weighted by Crippen LogP contribution is 2.27. The molecule has 144 valence electrons. The molecule has 0 aliphatic carbocycles. The van der Waals surface area contributed by atoms with Crippen LogP contribution in [-0.2, 0) is 23.1 Å². The molecule has 2 amide bonds. The number of rotatable bonds is 7. The monoisotopic (exact) mass is 380 g/mol. The molecule has 2 N–H and O–H groups in total. The highest BCUT2D eigenvalue weighted by Gasteiger charge is 2.31. The van der Waals surface area contributed by atoms with Crippen molar-refractivity contribution in [1.29, 1.82) is 0 Å². The second-order valence-electron chi connectivity index (χ2n) is 6.68. The van der Waals surface area contributed by atoms with Crippen LogP contribution in [-0.4, -0.2) is 44.6 Å². The number of nitrogens with zero attached hydrogens (tertiary/aromatic N) is 3. The fourth-order valence-electron chi connectivity index (χ4n) is 3.06. The summed E-state index contributed by atoms with van der Waals surface area (Å²) >= 11 is 1.36. The molecule has 0 spiro atoms. The number of piperidine rings is 1. The summed E-state index contributed by atoms with van der Waals surface area (Å²) in [5.74, 6) is -0.372. The standard InChI is InChI=1S/C18H28N4O3S/c1-4-6-14(17(25)22-9-7-12(8-10-22)16(19)24)26-18-20-13(5-2)11-15(23)21(18)3/h11-12,14H,4-10H2,1-3H3,(H2,19,24). The van der Waals surface area contributed by atoms with Gasteiger partial charge in [0.1, 0.15) is 0 Å². The maximum Gasteiger partial charge on any atom is 0.254 e. The van der Waals surface area contributed by atoms with E-state index in [9.17, 15) is 14.4 Å². The minimum Gasteiger partial charge on any atom is -0.369 e. The van der Waals surface area contributed by atoms with Crippen molar-refractivity contribution in [3.05, 3.63) is 22.1 Å². The third kappa shape index (κ3) is 4.87. The molecule has 26 heavy (non-hydrogen) atoms. The summed E-state index contributed by atoms with van der Waals surface area (Å²) in [6, 6.07) is 1.54. The minimum absolute atomic E-state index is 0.0518. The van der Waals surface area contributed by atoms with Crippen LogP contribution in [0.4, 0.5) is 0 Å². The Bertz CT molecular complexity index is 711. The van der Waals surface area contributed by atoms with Crippen molar-refractivity contribution >= 4 is 23.6 Å². The van der Waals surface area contributed by atoms with Crippen molar-refractivity contribution < 1.29 is 9.59 Å². The van der Waals surface area contributed by atoms with Gasteiger partial charge in [-0.2, -0.15) is 0 Å². The first kappa shape index (κ1) is 20.5. The number of aryl methyl sites for hydroxylation is 1. The number of carbonyl (C=O) groups excluding carboxylic acids is 2. The van der Waals surface area contributed by atoms with Gasteiger partial charge in [0.2, 0.25) is 11.8 Å². The first-order chi connectivity index (χ1) is 12.4. The SMILES string of the molecule is CCCC(Sc1nc(CC)cc(=O)n1C)C(=O)N1CCC(C(N)=O)CC1. The predicted molar refractivity (Wildman–Crippen MR) is 102 cm³/mol. The molecule has 0 radical (unpaired) electrons. The van der Waals surface area contributed by atoms with Gasteiger partial charge in [0.15, 0.2) is 5.16 Å². The summed E-state index contributed by atoms with van der Waals surface area (Å²) in [5, 5.41) is 0.295. The molecule has 0 bridgehead atoms. The Kier molecular flexibility index (Phi) is 7.25. The van der Waals surface area contributed by atoms with Crippen LogP contribution in [0, 0.1) is 5.92 Å². The van der Waals surface area contributed by atoms with Gasteiger partial charge in [-0.3, -0.25) is 19.0 Å². The van der Waals surface area contributed by atoms with E-state index in [1.165, 1.54) is 22.4 Å². The van der Waals surface area contributed by atoms with E-state index in [1.54, 1.807) is 7.05 Å². The van der Waals surface area contributed by atoms with Crippen LogP contribution < -0.4 is 11.3 Å². The van der Waals surface area contributed by atoms with E-state index in [-0.39, 0.29) is 28.5 Å². The van der Waals surface area contributed by atoms with Crippen LogP contribution in [0.1, 0.15) is 45.2 Å². The molecule has 0 aromatic carbocycles. The second kappa shape index (κ2) is 9.21. The van der Waals surface area contributed by atoms with Crippen LogP contribution in [0.2, 0.25) is 0 Å². The lowest BCUT2D eigenvalue weighted by Gasteiger charge is -2.33. The molecule has 7 nitrogen and oxygen atoms in total. The van der Waals surface area contributed by atoms with Gasteiger partial charge < -0.3 is 10.6 Å². The van der Waals surface area contributed by atoms with Gasteiger partial charge in [-0.05, 0) is 25.7 Å². The fourth-order valence-corrected chi connectivity index (χ4v) is 4.34. The van der Waals surface area contributed by atoms with E-state index in [2.05, 4.69) is 4.98 Å². The number of amides is 2. The van der Waals surface area contributed by atoms with Gasteiger partial charge >= 0.3 is 0 Å². The molecule has 1 aliphatic rings. The lowest BCUT2D eigenvalue weighted by molar-refractivity contribution is -0.134. The van der Waals surface area contributed by atoms with Crippen molar-refractivity contribution in [3.63, 3.8) is 0 Å². The Balaban J connectivity index is 2.14. The first-order valence-electron chi connectivity index (χ1n) is 9.19. The third-order valence-electron chi connectivity index (χ3n) is 4.79. The summed E-state index contributed by atoms with van der Waals surface area (Å²) in [4.78, 5) is 42.8. The molecule has 1 aromatic rings. The first-order valence-corrected chi connectivity index (χ1v) is 10.1. The number of thioether (sulfide) groups is 1. The smallest absolute Gasteiger partial charge is 0.254 e. The Labute approximate surface area is 158 Å². The lowest BCUT2D eigenvalue weighted by atomic mass is 9.96. The van der Waals surface area contributed by atoms with Crippen LogP contribution in [0.25, 0.3) is 0 Å². The number of nitrogens with two attached hydrogens (primary N) is 1. The van der Waals surface area contributed by atoms with Gasteiger partial charge in [0.25, 0.3) is 5.56 Å². The average Bonchev–Trinajstić information content (AvgIpc) is 2.64. The number of hydrogen-bond donors (Lipinski definition) is 1. The molecule has 2 rings (SSSR count). The molecule has 1 fully saturated rings. The van der Waals surface area contributed by atoms with Crippen molar-refractivity contribution in [2.24, 2.45) is 18.7 Å². The van der Waals surface area contributed by atoms with Gasteiger partial charge in [-0.1, -0.05) is 32.0 Å². The molecule has 1 unspecified atom stereocenters. The topological polar surface area (TPSA) is 98.3 Å². The Morgan fingerprint density at radius 1 is 1.35 bits per heavy atom. The van der Waals surface area contributed by atoms with Crippen molar-refractivity contribution in [2.75, 3.05) is 13.1 Å². The number of carbonyl (C=O) groups is 2. The zero-order valence-corrected chi connectivity index (χ0v) is 16.6. The number of hydrogen-bond acceptors (Lipinski definition) is 5. The van der Waals surface area contributed by atoms with Gasteiger partial charge in [-0.15, -0.1) is 0 Å². The van der Waals surface area contributed by atoms with E-state index in [1.807, 2.05) is 18.7 Å². The Morgan fingerprint density at radius 2 is 2.00 bits per heavy atom. The lowest BCUT2D eigenvalue weighted by Crippen LogP contribution is -2.45. The van der Waals surface area contributed by atoms with Crippen LogP contribution in [0.5, 0.6) is 0 Å². The van der Waals surface area contributed by atoms with Crippen molar-refractivity contribution in [3.8, 4) is 0 Å². The van der Waals surface area contributed by atoms with Gasteiger partial charge in [0.05, 0.1) is 5.25 Å². The maximum absolute atomic E-state index is 13.0. The van der Waals surface area contributed by atoms with Crippen LogP contribution in [0.15, 0.2) is 16.0 Å². The van der Waals surface area contributed by atoms with E-state index in [4.69, 9.17) is 5.73 Å². The largest absolute Gasteiger partial charge is 0.369 e. The van der Waals surface area contributed by atoms with Crippen molar-refractivity contribution in [2.45, 2.75) is 56.4 Å². The maximum atomic E-state index is 13.0. The molecule has 1 atom stereocenters. The summed E-state index contributed by atoms with van der Waals surface area (Å²) in [6.07, 6.45) is 3.49. The molecule has 1 aromatic heterocycles. The van der Waals surface area contributed by atoms with E-state index in [0.29, 0.717) is 43.9 Å². The summed E-state index contributed by atoms with van der Waals surface area (Å²) in [7, 11) is 1.68. The zero-order valence-electron chi connectivity index (χ0n) is 15.7. The molecular weight excluding hydrogens is 352 g/mol. The number of aromatic nitrogens is 2. The van der Waals surface area contributed by atoms with E-state index in [0.717, 1.165) is 12.1 Å². The third-order valence-corrected chi connectivity index (χ3v) is 6.09. The quantitative estimate of drug-likeness (QED) is 0.568. The zero-order chi connectivity index (χ0) is 19.3. The van der Waals surface area contributed by atoms with E-state index >= 15 is 0 Å². The Morgan fingerprint density at radius 3 is 2.54 bits per heavy atom. The summed E-state index contributed by atoms with van der Waals surface area (Å²) < 4.78 is 1.50. The molecule has 1 saturated heterocycles. The Hall–Kier alpha value is -1.83. The minimum atomic E-state index is -0.285. The average molecular weight is 381 g/mol. The second-order valence-corrected chi connectivity index (χ2v) is 7.85. The molecule has 8 heteroatoms. The van der Waals surface area contributed by atoms with E-state index < -0.39 is 0 Å². The van der Waals surface area contributed by atoms with Gasteiger partial charge in [-0.25, -0.2) is 4.98 Å². The van der Waals surface area contributed by atoms with Crippen LogP contribution in [0.3, 0.4) is 0 Å². The summed E-state index contributed by atoms with van der Waals surface area (Å²) in [6.45, 7) is 5.09. The molecule has 0 saturated carbocycles. The summed E-state index contributed by atoms with van der Waals surface area (Å²) in [5.41, 5.74) is 6.00. The molecule has 1 aliphatic heterocycles. The predicted octanol–water partition coefficient (Wildman–Crippen LogP) is 1.33. The van der Waals surface area contributed by atoms with Crippen LogP contribution >= 0.6 is 11.8 Å². The van der Waals surface area contributed by atoms with Crippen molar-refractivity contribution in [1.82, 2.24) is 14.5 Å². The number of primary amides is 1. The number of likely N-dealkylation sites (tertiary alicyclic amines) is 1.